The van der Waals surface area contributed by atoms with Crippen LogP contribution in [0.25, 0.3) is 0 Å². The lowest BCUT2D eigenvalue weighted by Gasteiger charge is -2.36. The first-order valence-electron chi connectivity index (χ1n) is 5.57. The molecule has 2 aliphatic heterocycles. The summed E-state index contributed by atoms with van der Waals surface area (Å²) in [4.78, 5) is 11.8. The number of carbonyl (C=O) groups excluding carboxylic acids is 1. The van der Waals surface area contributed by atoms with Crippen LogP contribution in [0.4, 0.5) is 10.1 Å². The van der Waals surface area contributed by atoms with E-state index < -0.39 is 0 Å². The monoisotopic (exact) mass is 220 g/mol. The van der Waals surface area contributed by atoms with Gasteiger partial charge in [0.05, 0.1) is 0 Å². The SMILES string of the molecule is O=C1Nc2cc(F)ccc2C2CNCCC12. The molecule has 0 bridgehead atoms. The number of nitrogens with one attached hydrogen (secondary N) is 2. The lowest BCUT2D eigenvalue weighted by atomic mass is 9.78. The van der Waals surface area contributed by atoms with Gasteiger partial charge in [0.1, 0.15) is 5.82 Å². The number of hydrogen-bond acceptors (Lipinski definition) is 2. The van der Waals surface area contributed by atoms with Crippen LogP contribution in [0.2, 0.25) is 0 Å². The fourth-order valence-electron chi connectivity index (χ4n) is 2.68. The van der Waals surface area contributed by atoms with Crippen molar-refractivity contribution in [3.05, 3.63) is 29.6 Å². The van der Waals surface area contributed by atoms with Crippen molar-refractivity contribution in [2.45, 2.75) is 12.3 Å². The zero-order chi connectivity index (χ0) is 11.1. The van der Waals surface area contributed by atoms with E-state index in [1.54, 1.807) is 6.07 Å². The third-order valence-electron chi connectivity index (χ3n) is 3.49. The van der Waals surface area contributed by atoms with E-state index in [0.29, 0.717) is 5.69 Å². The van der Waals surface area contributed by atoms with Gasteiger partial charge in [-0.25, -0.2) is 4.39 Å². The Morgan fingerprint density at radius 2 is 2.19 bits per heavy atom. The molecule has 0 spiro atoms. The van der Waals surface area contributed by atoms with E-state index in [1.165, 1.54) is 12.1 Å². The Hall–Kier alpha value is -1.42. The summed E-state index contributed by atoms with van der Waals surface area (Å²) in [5.74, 6) is -0.0387. The van der Waals surface area contributed by atoms with E-state index in [1.807, 2.05) is 0 Å². The summed E-state index contributed by atoms with van der Waals surface area (Å²) < 4.78 is 13.1. The molecule has 1 aromatic carbocycles. The van der Waals surface area contributed by atoms with Crippen molar-refractivity contribution in [2.24, 2.45) is 5.92 Å². The van der Waals surface area contributed by atoms with Crippen LogP contribution in [-0.2, 0) is 4.79 Å². The van der Waals surface area contributed by atoms with Crippen molar-refractivity contribution >= 4 is 11.6 Å². The molecule has 2 unspecified atom stereocenters. The minimum absolute atomic E-state index is 0.0320. The first-order valence-corrected chi connectivity index (χ1v) is 5.57. The van der Waals surface area contributed by atoms with Crippen LogP contribution in [0, 0.1) is 11.7 Å². The molecule has 84 valence electrons. The maximum absolute atomic E-state index is 13.1. The molecule has 2 aliphatic rings. The lowest BCUT2D eigenvalue weighted by molar-refractivity contribution is -0.121. The summed E-state index contributed by atoms with van der Waals surface area (Å²) in [5, 5.41) is 6.08. The van der Waals surface area contributed by atoms with Crippen molar-refractivity contribution in [1.82, 2.24) is 5.32 Å². The van der Waals surface area contributed by atoms with Crippen molar-refractivity contribution in [2.75, 3.05) is 18.4 Å². The minimum atomic E-state index is -0.304. The van der Waals surface area contributed by atoms with Crippen LogP contribution >= 0.6 is 0 Å². The van der Waals surface area contributed by atoms with Crippen LogP contribution in [-0.4, -0.2) is 19.0 Å². The summed E-state index contributed by atoms with van der Waals surface area (Å²) in [6.45, 7) is 1.68. The highest BCUT2D eigenvalue weighted by Crippen LogP contribution is 2.38. The smallest absolute Gasteiger partial charge is 0.228 e. The Kier molecular flexibility index (Phi) is 2.17. The summed E-state index contributed by atoms with van der Waals surface area (Å²) in [5.41, 5.74) is 1.69. The molecule has 0 saturated carbocycles. The second-order valence-corrected chi connectivity index (χ2v) is 4.43. The number of fused-ring (bicyclic) bond motifs is 3. The number of hydrogen-bond donors (Lipinski definition) is 2. The molecule has 1 amide bonds. The first kappa shape index (κ1) is 9.78. The Bertz CT molecular complexity index is 447. The van der Waals surface area contributed by atoms with E-state index in [-0.39, 0.29) is 23.6 Å². The Labute approximate surface area is 93.0 Å². The van der Waals surface area contributed by atoms with Gasteiger partial charge in [0.25, 0.3) is 0 Å². The Morgan fingerprint density at radius 1 is 1.31 bits per heavy atom. The van der Waals surface area contributed by atoms with Gasteiger partial charge >= 0.3 is 0 Å². The third kappa shape index (κ3) is 1.41. The molecule has 0 radical (unpaired) electrons. The van der Waals surface area contributed by atoms with Gasteiger partial charge in [-0.15, -0.1) is 0 Å². The lowest BCUT2D eigenvalue weighted by Crippen LogP contribution is -2.44. The molecule has 1 saturated heterocycles. The Balaban J connectivity index is 2.06. The maximum Gasteiger partial charge on any atom is 0.228 e. The molecule has 0 aromatic heterocycles. The van der Waals surface area contributed by atoms with Crippen LogP contribution in [0.1, 0.15) is 17.9 Å². The predicted molar refractivity (Wildman–Crippen MR) is 58.7 cm³/mol. The van der Waals surface area contributed by atoms with Crippen molar-refractivity contribution in [3.63, 3.8) is 0 Å². The zero-order valence-corrected chi connectivity index (χ0v) is 8.79. The number of rotatable bonds is 0. The number of carbonyl (C=O) groups is 1. The molecule has 16 heavy (non-hydrogen) atoms. The molecular formula is C12H13FN2O. The second kappa shape index (κ2) is 3.56. The van der Waals surface area contributed by atoms with Crippen molar-refractivity contribution < 1.29 is 9.18 Å². The molecular weight excluding hydrogens is 207 g/mol. The molecule has 3 nitrogen and oxygen atoms in total. The fourth-order valence-corrected chi connectivity index (χ4v) is 2.68. The molecule has 2 N–H and O–H groups in total. The maximum atomic E-state index is 13.1. The average molecular weight is 220 g/mol. The van der Waals surface area contributed by atoms with E-state index in [9.17, 15) is 9.18 Å². The van der Waals surface area contributed by atoms with Gasteiger partial charge in [-0.2, -0.15) is 0 Å². The molecule has 1 fully saturated rings. The van der Waals surface area contributed by atoms with E-state index in [2.05, 4.69) is 10.6 Å². The number of halogens is 1. The summed E-state index contributed by atoms with van der Waals surface area (Å²) in [6.07, 6.45) is 0.854. The second-order valence-electron chi connectivity index (χ2n) is 4.43. The van der Waals surface area contributed by atoms with Gasteiger partial charge in [0, 0.05) is 24.1 Å². The number of anilines is 1. The molecule has 4 heteroatoms. The van der Waals surface area contributed by atoms with Gasteiger partial charge < -0.3 is 10.6 Å². The number of amides is 1. The molecule has 2 heterocycles. The van der Waals surface area contributed by atoms with Crippen molar-refractivity contribution in [1.29, 1.82) is 0 Å². The van der Waals surface area contributed by atoms with E-state index in [0.717, 1.165) is 25.1 Å². The highest BCUT2D eigenvalue weighted by atomic mass is 19.1. The highest BCUT2D eigenvalue weighted by molar-refractivity contribution is 5.96. The van der Waals surface area contributed by atoms with Gasteiger partial charge in [0.2, 0.25) is 5.91 Å². The first-order chi connectivity index (χ1) is 7.75. The van der Waals surface area contributed by atoms with Gasteiger partial charge in [0.15, 0.2) is 0 Å². The summed E-state index contributed by atoms with van der Waals surface area (Å²) >= 11 is 0. The highest BCUT2D eigenvalue weighted by Gasteiger charge is 2.37. The average Bonchev–Trinajstić information content (AvgIpc) is 2.29. The van der Waals surface area contributed by atoms with Crippen LogP contribution in [0.5, 0.6) is 0 Å². The third-order valence-corrected chi connectivity index (χ3v) is 3.49. The summed E-state index contributed by atoms with van der Waals surface area (Å²) in [7, 11) is 0. The number of benzene rings is 1. The fraction of sp³-hybridized carbons (Fsp3) is 0.417. The van der Waals surface area contributed by atoms with Crippen LogP contribution < -0.4 is 10.6 Å². The topological polar surface area (TPSA) is 41.1 Å². The molecule has 2 atom stereocenters. The summed E-state index contributed by atoms with van der Waals surface area (Å²) in [6, 6.07) is 4.65. The molecule has 3 rings (SSSR count). The standard InChI is InChI=1S/C12H13FN2O/c13-7-1-2-8-10-6-14-4-3-9(10)12(16)15-11(8)5-7/h1-2,5,9-10,14H,3-4,6H2,(H,15,16). The van der Waals surface area contributed by atoms with Gasteiger partial charge in [-0.3, -0.25) is 4.79 Å². The van der Waals surface area contributed by atoms with Gasteiger partial charge in [-0.05, 0) is 30.7 Å². The van der Waals surface area contributed by atoms with Crippen LogP contribution in [0.3, 0.4) is 0 Å². The zero-order valence-electron chi connectivity index (χ0n) is 8.79. The number of piperidine rings is 1. The molecule has 0 aliphatic carbocycles. The quantitative estimate of drug-likeness (QED) is 0.695. The van der Waals surface area contributed by atoms with E-state index >= 15 is 0 Å². The van der Waals surface area contributed by atoms with E-state index in [4.69, 9.17) is 0 Å². The molecule has 1 aromatic rings. The minimum Gasteiger partial charge on any atom is -0.325 e. The van der Waals surface area contributed by atoms with Crippen molar-refractivity contribution in [3.8, 4) is 0 Å². The normalized spacial score (nSPS) is 27.9. The largest absolute Gasteiger partial charge is 0.325 e. The van der Waals surface area contributed by atoms with Gasteiger partial charge in [-0.1, -0.05) is 6.07 Å². The predicted octanol–water partition coefficient (Wildman–Crippen LogP) is 1.47. The van der Waals surface area contributed by atoms with Crippen LogP contribution in [0.15, 0.2) is 18.2 Å². The Morgan fingerprint density at radius 3 is 3.06 bits per heavy atom.